The lowest BCUT2D eigenvalue weighted by Crippen LogP contribution is -2.73. The maximum Gasteiger partial charge on any atom is 0.409 e. The van der Waals surface area contributed by atoms with E-state index in [1.54, 1.807) is 11.1 Å². The van der Waals surface area contributed by atoms with E-state index < -0.39 is 0 Å². The maximum atomic E-state index is 11.9. The lowest BCUT2D eigenvalue weighted by molar-refractivity contribution is -0.0370. The minimum absolute atomic E-state index is 0.0974. The Bertz CT molecular complexity index is 1220. The number of carbonyl (C=O) groups excluding carboxylic acids is 1. The smallest absolute Gasteiger partial charge is 0.409 e. The number of nitrogens with one attached hydrogen (secondary N) is 2. The summed E-state index contributed by atoms with van der Waals surface area (Å²) in [4.78, 5) is 29.5. The van der Waals surface area contributed by atoms with Crippen molar-refractivity contribution >= 4 is 35.2 Å². The molecule has 2 aromatic heterocycles. The number of pyridine rings is 1. The number of amides is 1. The molecule has 4 unspecified atom stereocenters. The fraction of sp³-hybridized carbons (Fsp3) is 0.630. The number of anilines is 1. The highest BCUT2D eigenvalue weighted by Gasteiger charge is 2.54. The van der Waals surface area contributed by atoms with E-state index in [0.717, 1.165) is 68.2 Å². The summed E-state index contributed by atoms with van der Waals surface area (Å²) in [5, 5.41) is 1.11. The van der Waals surface area contributed by atoms with Gasteiger partial charge in [-0.25, -0.2) is 20.2 Å². The van der Waals surface area contributed by atoms with Crippen LogP contribution in [0.2, 0.25) is 10.0 Å². The number of halogens is 2. The number of nitrogens with zero attached hydrogens (tertiary/aromatic N) is 5. The molecule has 1 saturated carbocycles. The number of fused-ring (bicyclic) bond motifs is 1. The third kappa shape index (κ3) is 5.06. The lowest BCUT2D eigenvalue weighted by Gasteiger charge is -2.59. The molecule has 1 spiro atoms. The maximum absolute atomic E-state index is 11.9. The first-order valence-corrected chi connectivity index (χ1v) is 14.5. The van der Waals surface area contributed by atoms with E-state index in [1.165, 1.54) is 0 Å². The average molecular weight is 577 g/mol. The number of likely N-dealkylation sites (tertiary alicyclic amines) is 1. The number of rotatable bonds is 6. The van der Waals surface area contributed by atoms with Gasteiger partial charge in [0.1, 0.15) is 0 Å². The van der Waals surface area contributed by atoms with Gasteiger partial charge in [-0.2, -0.15) is 0 Å². The zero-order chi connectivity index (χ0) is 27.3. The van der Waals surface area contributed by atoms with E-state index in [1.807, 2.05) is 33.2 Å². The number of ether oxygens (including phenoxy) is 2. The van der Waals surface area contributed by atoms with E-state index >= 15 is 0 Å². The predicted octanol–water partition coefficient (Wildman–Crippen LogP) is 4.23. The summed E-state index contributed by atoms with van der Waals surface area (Å²) >= 11 is 13.0. The van der Waals surface area contributed by atoms with Crippen molar-refractivity contribution in [1.29, 1.82) is 0 Å². The molecule has 5 atom stereocenters. The van der Waals surface area contributed by atoms with Crippen LogP contribution in [-0.4, -0.2) is 70.9 Å². The predicted molar refractivity (Wildman–Crippen MR) is 148 cm³/mol. The first-order valence-electron chi connectivity index (χ1n) is 13.7. The van der Waals surface area contributed by atoms with Crippen molar-refractivity contribution in [3.63, 3.8) is 0 Å². The van der Waals surface area contributed by atoms with Crippen molar-refractivity contribution in [3.05, 3.63) is 45.5 Å². The summed E-state index contributed by atoms with van der Waals surface area (Å²) in [5.41, 5.74) is 9.74. The molecule has 2 N–H and O–H groups in total. The molecule has 39 heavy (non-hydrogen) atoms. The van der Waals surface area contributed by atoms with Crippen molar-refractivity contribution in [2.75, 3.05) is 37.7 Å². The van der Waals surface area contributed by atoms with E-state index in [2.05, 4.69) is 20.7 Å². The Kier molecular flexibility index (Phi) is 7.35. The van der Waals surface area contributed by atoms with Gasteiger partial charge in [0.05, 0.1) is 40.6 Å². The van der Waals surface area contributed by atoms with Gasteiger partial charge >= 0.3 is 6.09 Å². The number of carbonyl (C=O) groups is 1. The quantitative estimate of drug-likeness (QED) is 0.523. The highest BCUT2D eigenvalue weighted by molar-refractivity contribution is 6.36. The topological polar surface area (TPSA) is 105 Å². The summed E-state index contributed by atoms with van der Waals surface area (Å²) < 4.78 is 11.6. The zero-order valence-electron chi connectivity index (χ0n) is 22.5. The molecule has 1 amide bonds. The molecule has 3 aliphatic heterocycles. The third-order valence-corrected chi connectivity index (χ3v) is 9.40. The Morgan fingerprint density at radius 1 is 1.13 bits per heavy atom. The van der Waals surface area contributed by atoms with Gasteiger partial charge in [-0.05, 0) is 46.0 Å². The van der Waals surface area contributed by atoms with E-state index in [9.17, 15) is 4.79 Å². The SMILES string of the molecule is CCOC(=O)N1CC2(C1)CN(c1ncc(C3NNC4CCC(O[C@H](C)c5c(Cl)cnc(C)c5Cl)CC43)cn1)C2. The van der Waals surface area contributed by atoms with Gasteiger partial charge in [0, 0.05) is 67.4 Å². The van der Waals surface area contributed by atoms with Crippen LogP contribution in [0.3, 0.4) is 0 Å². The van der Waals surface area contributed by atoms with Gasteiger partial charge in [0.15, 0.2) is 0 Å². The molecule has 3 saturated heterocycles. The number of aryl methyl sites for hydroxylation is 1. The molecule has 1 aliphatic carbocycles. The Labute approximate surface area is 238 Å². The third-order valence-electron chi connectivity index (χ3n) is 8.62. The highest BCUT2D eigenvalue weighted by atomic mass is 35.5. The second-order valence-electron chi connectivity index (χ2n) is 11.4. The molecule has 2 aromatic rings. The summed E-state index contributed by atoms with van der Waals surface area (Å²) in [6.07, 6.45) is 8.06. The Hall–Kier alpha value is -2.24. The molecule has 4 aliphatic rings. The average Bonchev–Trinajstić information content (AvgIpc) is 3.29. The van der Waals surface area contributed by atoms with Crippen molar-refractivity contribution in [2.45, 2.75) is 64.3 Å². The first kappa shape index (κ1) is 27.0. The molecule has 6 rings (SSSR count). The summed E-state index contributed by atoms with van der Waals surface area (Å²) in [7, 11) is 0. The molecular weight excluding hydrogens is 541 g/mol. The van der Waals surface area contributed by atoms with Crippen molar-refractivity contribution in [2.24, 2.45) is 11.3 Å². The summed E-state index contributed by atoms with van der Waals surface area (Å²) in [6, 6.07) is 0.477. The second-order valence-corrected chi connectivity index (χ2v) is 12.2. The van der Waals surface area contributed by atoms with Gasteiger partial charge in [-0.3, -0.25) is 10.4 Å². The van der Waals surface area contributed by atoms with Crippen molar-refractivity contribution in [1.82, 2.24) is 30.7 Å². The lowest BCUT2D eigenvalue weighted by atomic mass is 9.73. The number of aromatic nitrogens is 3. The molecule has 12 heteroatoms. The van der Waals surface area contributed by atoms with Crippen LogP contribution in [0.4, 0.5) is 10.7 Å². The minimum atomic E-state index is -0.225. The molecule has 0 aromatic carbocycles. The molecule has 0 radical (unpaired) electrons. The van der Waals surface area contributed by atoms with Crippen LogP contribution in [0.5, 0.6) is 0 Å². The fourth-order valence-corrected chi connectivity index (χ4v) is 7.30. The first-order chi connectivity index (χ1) is 18.8. The zero-order valence-corrected chi connectivity index (χ0v) is 24.0. The molecule has 0 bridgehead atoms. The van der Waals surface area contributed by atoms with Gasteiger partial charge in [-0.15, -0.1) is 0 Å². The number of hydrazine groups is 1. The fourth-order valence-electron chi connectivity index (χ4n) is 6.65. The van der Waals surface area contributed by atoms with Crippen LogP contribution in [0.15, 0.2) is 18.6 Å². The highest BCUT2D eigenvalue weighted by Crippen LogP contribution is 2.43. The van der Waals surface area contributed by atoms with Crippen LogP contribution < -0.4 is 15.8 Å². The van der Waals surface area contributed by atoms with Gasteiger partial charge in [-0.1, -0.05) is 23.2 Å². The Morgan fingerprint density at radius 3 is 2.59 bits per heavy atom. The largest absolute Gasteiger partial charge is 0.450 e. The number of hydrogen-bond donors (Lipinski definition) is 2. The van der Waals surface area contributed by atoms with Crippen LogP contribution in [-0.2, 0) is 9.47 Å². The molecule has 10 nitrogen and oxygen atoms in total. The normalized spacial score (nSPS) is 28.0. The molecular formula is C27H35Cl2N7O3. The van der Waals surface area contributed by atoms with E-state index in [0.29, 0.717) is 28.6 Å². The van der Waals surface area contributed by atoms with E-state index in [-0.39, 0.29) is 29.8 Å². The summed E-state index contributed by atoms with van der Waals surface area (Å²) in [5.74, 6) is 1.09. The Balaban J connectivity index is 1.05. The second kappa shape index (κ2) is 10.6. The van der Waals surface area contributed by atoms with Gasteiger partial charge in [0.2, 0.25) is 5.95 Å². The van der Waals surface area contributed by atoms with Crippen LogP contribution in [0.25, 0.3) is 0 Å². The number of hydrogen-bond acceptors (Lipinski definition) is 9. The van der Waals surface area contributed by atoms with Crippen LogP contribution in [0.1, 0.15) is 62.1 Å². The molecule has 210 valence electrons. The standard InChI is InChI=1S/C27H35Cl2N7O3/c1-4-38-26(37)36-13-27(14-36)11-35(12-27)25-31-8-17(9-32-25)24-19-7-18(5-6-21(19)33-34-24)39-16(3)22-20(28)10-30-15(2)23(22)29/h8-10,16,18-19,21,24,33-34H,4-7,11-14H2,1-3H3/t16-,18?,19?,21?,24?/m1/s1. The van der Waals surface area contributed by atoms with Gasteiger partial charge < -0.3 is 19.3 Å². The van der Waals surface area contributed by atoms with Gasteiger partial charge in [0.25, 0.3) is 0 Å². The van der Waals surface area contributed by atoms with Crippen LogP contribution >= 0.6 is 23.2 Å². The summed E-state index contributed by atoms with van der Waals surface area (Å²) in [6.45, 7) is 9.31. The minimum Gasteiger partial charge on any atom is -0.450 e. The van der Waals surface area contributed by atoms with Crippen molar-refractivity contribution in [3.8, 4) is 0 Å². The Morgan fingerprint density at radius 2 is 1.87 bits per heavy atom. The monoisotopic (exact) mass is 575 g/mol. The van der Waals surface area contributed by atoms with E-state index in [4.69, 9.17) is 42.6 Å². The molecule has 5 heterocycles. The molecule has 4 fully saturated rings. The van der Waals surface area contributed by atoms with Crippen molar-refractivity contribution < 1.29 is 14.3 Å². The van der Waals surface area contributed by atoms with Crippen LogP contribution in [0, 0.1) is 18.3 Å².